The molecular formula is C26H28N2O8. The highest BCUT2D eigenvalue weighted by Crippen LogP contribution is 2.39. The van der Waals surface area contributed by atoms with E-state index in [2.05, 4.69) is 10.2 Å². The molecule has 0 aliphatic carbocycles. The molecular weight excluding hydrogens is 468 g/mol. The molecule has 0 bridgehead atoms. The SMILES string of the molecule is CCOc1cc(N2CCOCC2)c(OCC)cc1NC(=O)COC(=O)c1cc(=O)c2ccccc2o1. The molecule has 1 aromatic heterocycles. The molecule has 1 aliphatic heterocycles. The number of hydrogen-bond acceptors (Lipinski definition) is 9. The van der Waals surface area contributed by atoms with E-state index >= 15 is 0 Å². The summed E-state index contributed by atoms with van der Waals surface area (Å²) in [5, 5.41) is 3.06. The van der Waals surface area contributed by atoms with Gasteiger partial charge < -0.3 is 33.6 Å². The van der Waals surface area contributed by atoms with Gasteiger partial charge in [0.1, 0.15) is 17.1 Å². The number of nitrogens with zero attached hydrogens (tertiary/aromatic N) is 1. The van der Waals surface area contributed by atoms with Crippen LogP contribution in [0.3, 0.4) is 0 Å². The number of ether oxygens (including phenoxy) is 4. The summed E-state index contributed by atoms with van der Waals surface area (Å²) in [4.78, 5) is 39.4. The second kappa shape index (κ2) is 11.6. The second-order valence-electron chi connectivity index (χ2n) is 7.88. The average Bonchev–Trinajstić information content (AvgIpc) is 2.89. The summed E-state index contributed by atoms with van der Waals surface area (Å²) in [6, 6.07) is 11.1. The van der Waals surface area contributed by atoms with Crippen LogP contribution in [0.2, 0.25) is 0 Å². The van der Waals surface area contributed by atoms with E-state index in [-0.39, 0.29) is 16.8 Å². The van der Waals surface area contributed by atoms with Gasteiger partial charge in [0.15, 0.2) is 12.0 Å². The third-order valence-corrected chi connectivity index (χ3v) is 5.46. The molecule has 10 nitrogen and oxygen atoms in total. The molecule has 0 radical (unpaired) electrons. The van der Waals surface area contributed by atoms with E-state index in [0.29, 0.717) is 62.1 Å². The monoisotopic (exact) mass is 496 g/mol. The third kappa shape index (κ3) is 5.77. The summed E-state index contributed by atoms with van der Waals surface area (Å²) in [6.07, 6.45) is 0. The minimum atomic E-state index is -0.921. The molecule has 1 saturated heterocycles. The first-order chi connectivity index (χ1) is 17.5. The molecule has 1 N–H and O–H groups in total. The molecule has 190 valence electrons. The van der Waals surface area contributed by atoms with Gasteiger partial charge in [-0.05, 0) is 26.0 Å². The average molecular weight is 497 g/mol. The summed E-state index contributed by atoms with van der Waals surface area (Å²) < 4.78 is 27.6. The van der Waals surface area contributed by atoms with E-state index in [1.54, 1.807) is 30.3 Å². The summed E-state index contributed by atoms with van der Waals surface area (Å²) in [6.45, 7) is 6.58. The predicted molar refractivity (Wildman–Crippen MR) is 133 cm³/mol. The Labute approximate surface area is 207 Å². The van der Waals surface area contributed by atoms with Crippen molar-refractivity contribution < 1.29 is 33.0 Å². The van der Waals surface area contributed by atoms with Crippen LogP contribution in [0.25, 0.3) is 11.0 Å². The van der Waals surface area contributed by atoms with Gasteiger partial charge in [0.25, 0.3) is 5.91 Å². The van der Waals surface area contributed by atoms with E-state index < -0.39 is 18.5 Å². The van der Waals surface area contributed by atoms with Gasteiger partial charge in [0.2, 0.25) is 5.76 Å². The topological polar surface area (TPSA) is 117 Å². The molecule has 10 heteroatoms. The Bertz CT molecular complexity index is 1300. The van der Waals surface area contributed by atoms with E-state index in [9.17, 15) is 14.4 Å². The Morgan fingerprint density at radius 2 is 1.72 bits per heavy atom. The van der Waals surface area contributed by atoms with Gasteiger partial charge in [-0.2, -0.15) is 0 Å². The molecule has 1 amide bonds. The van der Waals surface area contributed by atoms with Gasteiger partial charge in [0, 0.05) is 31.3 Å². The lowest BCUT2D eigenvalue weighted by Gasteiger charge is -2.31. The first kappa shape index (κ1) is 25.1. The molecule has 0 saturated carbocycles. The van der Waals surface area contributed by atoms with Crippen molar-refractivity contribution in [2.24, 2.45) is 0 Å². The van der Waals surface area contributed by atoms with Crippen LogP contribution in [-0.4, -0.2) is 58.0 Å². The first-order valence-corrected chi connectivity index (χ1v) is 11.8. The summed E-state index contributed by atoms with van der Waals surface area (Å²) in [5.41, 5.74) is 1.11. The largest absolute Gasteiger partial charge is 0.492 e. The number of carbonyl (C=O) groups is 2. The maximum Gasteiger partial charge on any atom is 0.374 e. The fourth-order valence-corrected chi connectivity index (χ4v) is 3.84. The zero-order valence-corrected chi connectivity index (χ0v) is 20.2. The van der Waals surface area contributed by atoms with Crippen molar-refractivity contribution in [1.82, 2.24) is 0 Å². The lowest BCUT2D eigenvalue weighted by Crippen LogP contribution is -2.36. The summed E-state index contributed by atoms with van der Waals surface area (Å²) in [5.74, 6) is -0.740. The molecule has 0 atom stereocenters. The molecule has 2 heterocycles. The number of benzene rings is 2. The van der Waals surface area contributed by atoms with Crippen LogP contribution in [0.4, 0.5) is 11.4 Å². The molecule has 3 aromatic rings. The number of nitrogens with one attached hydrogen (secondary N) is 1. The number of fused-ring (bicyclic) bond motifs is 1. The first-order valence-electron chi connectivity index (χ1n) is 11.8. The summed E-state index contributed by atoms with van der Waals surface area (Å²) in [7, 11) is 0. The van der Waals surface area contributed by atoms with Crippen LogP contribution in [0.15, 0.2) is 51.7 Å². The lowest BCUT2D eigenvalue weighted by molar-refractivity contribution is -0.119. The highest BCUT2D eigenvalue weighted by atomic mass is 16.5. The molecule has 0 spiro atoms. The zero-order chi connectivity index (χ0) is 25.5. The van der Waals surface area contributed by atoms with Crippen LogP contribution in [0, 0.1) is 0 Å². The number of rotatable bonds is 9. The number of esters is 1. The van der Waals surface area contributed by atoms with Gasteiger partial charge in [-0.25, -0.2) is 4.79 Å². The molecule has 4 rings (SSSR count). The van der Waals surface area contributed by atoms with Crippen molar-refractivity contribution in [3.05, 3.63) is 58.4 Å². The predicted octanol–water partition coefficient (Wildman–Crippen LogP) is 3.22. The van der Waals surface area contributed by atoms with E-state index in [1.165, 1.54) is 0 Å². The van der Waals surface area contributed by atoms with E-state index in [1.807, 2.05) is 19.9 Å². The van der Waals surface area contributed by atoms with Gasteiger partial charge in [0.05, 0.1) is 43.2 Å². The highest BCUT2D eigenvalue weighted by Gasteiger charge is 2.21. The van der Waals surface area contributed by atoms with Crippen molar-refractivity contribution >= 4 is 34.2 Å². The normalized spacial score (nSPS) is 13.3. The summed E-state index contributed by atoms with van der Waals surface area (Å²) >= 11 is 0. The Kier molecular flexibility index (Phi) is 8.06. The van der Waals surface area contributed by atoms with Gasteiger partial charge in [-0.1, -0.05) is 12.1 Å². The number of amides is 1. The van der Waals surface area contributed by atoms with Gasteiger partial charge in [-0.3, -0.25) is 9.59 Å². The minimum Gasteiger partial charge on any atom is -0.492 e. The number of carbonyl (C=O) groups excluding carboxylic acids is 2. The standard InChI is InChI=1S/C26H28N2O8/c1-3-33-22-14-19(28-9-11-32-12-10-28)23(34-4-2)13-18(22)27-25(30)16-35-26(31)24-15-20(29)17-7-5-6-8-21(17)36-24/h5-8,13-15H,3-4,9-12,16H2,1-2H3,(H,27,30). The van der Waals surface area contributed by atoms with Crippen LogP contribution in [-0.2, 0) is 14.3 Å². The number of anilines is 2. The molecule has 2 aromatic carbocycles. The minimum absolute atomic E-state index is 0.256. The number of hydrogen-bond donors (Lipinski definition) is 1. The van der Waals surface area contributed by atoms with Crippen molar-refractivity contribution in [1.29, 1.82) is 0 Å². The maximum atomic E-state index is 12.6. The van der Waals surface area contributed by atoms with Crippen LogP contribution >= 0.6 is 0 Å². The van der Waals surface area contributed by atoms with Crippen molar-refractivity contribution in [2.45, 2.75) is 13.8 Å². The molecule has 1 fully saturated rings. The van der Waals surface area contributed by atoms with Crippen molar-refractivity contribution in [3.63, 3.8) is 0 Å². The van der Waals surface area contributed by atoms with E-state index in [0.717, 1.165) is 11.8 Å². The Morgan fingerprint density at radius 1 is 1.00 bits per heavy atom. The fourth-order valence-electron chi connectivity index (χ4n) is 3.84. The Morgan fingerprint density at radius 3 is 2.47 bits per heavy atom. The fraction of sp³-hybridized carbons (Fsp3) is 0.346. The quantitative estimate of drug-likeness (QED) is 0.446. The molecule has 1 aliphatic rings. The molecule has 36 heavy (non-hydrogen) atoms. The number of morpholine rings is 1. The lowest BCUT2D eigenvalue weighted by atomic mass is 10.2. The zero-order valence-electron chi connectivity index (χ0n) is 20.2. The van der Waals surface area contributed by atoms with Crippen LogP contribution in [0.5, 0.6) is 11.5 Å². The number of para-hydroxylation sites is 1. The van der Waals surface area contributed by atoms with Crippen molar-refractivity contribution in [3.8, 4) is 11.5 Å². The van der Waals surface area contributed by atoms with Gasteiger partial charge in [-0.15, -0.1) is 0 Å². The second-order valence-corrected chi connectivity index (χ2v) is 7.88. The Balaban J connectivity index is 1.48. The molecule has 0 unspecified atom stereocenters. The highest BCUT2D eigenvalue weighted by molar-refractivity contribution is 5.96. The van der Waals surface area contributed by atoms with Crippen LogP contribution < -0.4 is 25.1 Å². The van der Waals surface area contributed by atoms with Crippen LogP contribution in [0.1, 0.15) is 24.4 Å². The smallest absolute Gasteiger partial charge is 0.374 e. The third-order valence-electron chi connectivity index (χ3n) is 5.46. The van der Waals surface area contributed by atoms with Crippen molar-refractivity contribution in [2.75, 3.05) is 56.3 Å². The maximum absolute atomic E-state index is 12.6. The van der Waals surface area contributed by atoms with Gasteiger partial charge >= 0.3 is 5.97 Å². The Hall–Kier alpha value is -4.05. The van der Waals surface area contributed by atoms with E-state index in [4.69, 9.17) is 23.4 Å².